The first-order valence-electron chi connectivity index (χ1n) is 34.4. The van der Waals surface area contributed by atoms with Crippen molar-refractivity contribution in [3.63, 3.8) is 0 Å². The molecule has 5 aliphatic rings. The third-order valence-corrected chi connectivity index (χ3v) is 25.5. The molecule has 0 aliphatic heterocycles. The predicted molar refractivity (Wildman–Crippen MR) is 425 cm³/mol. The van der Waals surface area contributed by atoms with Crippen LogP contribution in [0.15, 0.2) is 335 Å². The Balaban J connectivity index is 0.000000209. The molecule has 0 radical (unpaired) electrons. The highest BCUT2D eigenvalue weighted by Crippen LogP contribution is 2.63. The fraction of sp³-hybridized carbons (Fsp3) is 0.236. The van der Waals surface area contributed by atoms with E-state index in [0.717, 1.165) is 59.6 Å². The molecule has 2 unspecified atom stereocenters. The average molecular weight is 1500 g/mol. The van der Waals surface area contributed by atoms with Gasteiger partial charge in [-0.25, -0.2) is 14.4 Å². The van der Waals surface area contributed by atoms with Crippen molar-refractivity contribution in [2.24, 2.45) is 17.3 Å². The van der Waals surface area contributed by atoms with E-state index < -0.39 is 32.9 Å². The highest BCUT2D eigenvalue weighted by molar-refractivity contribution is 7.97. The minimum absolute atomic E-state index is 0. The Morgan fingerprint density at radius 3 is 1.08 bits per heavy atom. The molecule has 13 nitrogen and oxygen atoms in total. The van der Waals surface area contributed by atoms with Crippen LogP contribution in [0.3, 0.4) is 0 Å². The zero-order valence-corrected chi connectivity index (χ0v) is 64.8. The molecule has 0 spiro atoms. The van der Waals surface area contributed by atoms with Gasteiger partial charge in [-0.05, 0) is 236 Å². The van der Waals surface area contributed by atoms with E-state index in [1.54, 1.807) is 26.0 Å². The second kappa shape index (κ2) is 39.4. The Hall–Kier alpha value is -9.91. The molecule has 5 saturated carbocycles. The Labute approximate surface area is 636 Å². The largest absolute Gasteiger partial charge is 0.461 e. The zero-order chi connectivity index (χ0) is 72.9. The van der Waals surface area contributed by atoms with Gasteiger partial charge >= 0.3 is 40.0 Å². The van der Waals surface area contributed by atoms with Gasteiger partial charge in [-0.2, -0.15) is 8.42 Å². The summed E-state index contributed by atoms with van der Waals surface area (Å²) in [6.07, 6.45) is 9.57. The molecule has 4 bridgehead atoms. The van der Waals surface area contributed by atoms with E-state index in [2.05, 4.69) is 153 Å². The minimum atomic E-state index is -3.90. The van der Waals surface area contributed by atoms with Crippen LogP contribution in [0.2, 0.25) is 0 Å². The Morgan fingerprint density at radius 1 is 0.425 bits per heavy atom. The summed E-state index contributed by atoms with van der Waals surface area (Å²) in [6.45, 7) is 16.7. The first kappa shape index (κ1) is 83.4. The molecular weight excluding hydrogens is 1410 g/mol. The van der Waals surface area contributed by atoms with Crippen LogP contribution >= 0.6 is 0 Å². The van der Waals surface area contributed by atoms with Gasteiger partial charge in [0, 0.05) is 44.9 Å². The smallest absolute Gasteiger partial charge is 0.333 e. The van der Waals surface area contributed by atoms with Gasteiger partial charge in [0.15, 0.2) is 44.1 Å². The van der Waals surface area contributed by atoms with E-state index in [-0.39, 0.29) is 103 Å². The van der Waals surface area contributed by atoms with Crippen molar-refractivity contribution in [2.75, 3.05) is 12.4 Å². The van der Waals surface area contributed by atoms with Crippen LogP contribution in [0.5, 0.6) is 17.2 Å². The summed E-state index contributed by atoms with van der Waals surface area (Å²) in [6, 6.07) is 84.9. The Kier molecular flexibility index (Phi) is 31.0. The van der Waals surface area contributed by atoms with E-state index in [1.165, 1.54) is 56.1 Å². The predicted octanol–water partition coefficient (Wildman–Crippen LogP) is 19.9. The molecule has 0 amide bonds. The summed E-state index contributed by atoms with van der Waals surface area (Å²) >= 11 is 0. The summed E-state index contributed by atoms with van der Waals surface area (Å²) in [5.41, 5.74) is -0.0420. The first-order chi connectivity index (χ1) is 49.6. The summed E-state index contributed by atoms with van der Waals surface area (Å²) < 4.78 is 56.7. The van der Waals surface area contributed by atoms with Crippen LogP contribution in [0.25, 0.3) is 0 Å². The second-order valence-corrected chi connectivity index (χ2v) is 33.9. The third kappa shape index (κ3) is 23.0. The Bertz CT molecular complexity index is 4330. The molecule has 106 heavy (non-hydrogen) atoms. The Morgan fingerprint density at radius 2 is 0.745 bits per heavy atom. The number of hydrogen-bond donors (Lipinski definition) is 0. The van der Waals surface area contributed by atoms with Crippen LogP contribution in [0, 0.1) is 39.5 Å². The van der Waals surface area contributed by atoms with Crippen molar-refractivity contribution in [3.05, 3.63) is 314 Å². The molecule has 5 fully saturated rings. The average Bonchev–Trinajstić information content (AvgIpc) is 0.746. The van der Waals surface area contributed by atoms with Gasteiger partial charge in [0.05, 0.1) is 38.1 Å². The van der Waals surface area contributed by atoms with Crippen LogP contribution in [0.1, 0.15) is 91.9 Å². The standard InChI is InChI=1S/C33H33O4S.C24H23O5S2.C20H17O2S.C9H14O2.3CH3/c1-23(2)30(34)37-33-20-24-17-25(21-33)19-32(18-24,22-33)31(35)36-26-13-15-29(16-14-26)38(27-9-5-3-6-10-27)28-11-7-4-8-12-28;1-19(2)24(25)28-17-18-31(26,27)29-20-13-15-23(16-14-20)30(21-9-5-3-6-10-21)22-11-7-4-8-12-22;1-16(21)22-17-12-14-20(15-13-17)23(18-8-4-2-5-9-18)19-10-6-3-7-11-19;1-7(2)9(10)11-8-5-3-4-6-8;;;/h3-16,24-25H,1,17-22H2,2H3;3-16H,1,17-18H2,2H3;2-15H,1H3;8H,1,3-6H2,2H3;3*1H3/q3*+1;;-1;2*+1. The molecular formula is C89H96O13S4+4. The normalized spacial score (nSPS) is 17.2. The fourth-order valence-electron chi connectivity index (χ4n) is 13.5. The topological polar surface area (TPSA) is 175 Å². The van der Waals surface area contributed by atoms with Gasteiger partial charge in [0.1, 0.15) is 41.3 Å². The highest BCUT2D eigenvalue weighted by atomic mass is 32.2. The van der Waals surface area contributed by atoms with Crippen molar-refractivity contribution in [3.8, 4) is 17.2 Å². The molecule has 5 aliphatic carbocycles. The summed E-state index contributed by atoms with van der Waals surface area (Å²) in [5.74, 6) is -0.0124. The van der Waals surface area contributed by atoms with Gasteiger partial charge in [-0.3, -0.25) is 9.59 Å². The maximum absolute atomic E-state index is 13.7. The lowest BCUT2D eigenvalue weighted by Crippen LogP contribution is -2.60. The SMILES string of the molecule is C=C(C)C(=O)OC12CC3CC(C1)CC(C(=O)Oc1ccc([S+](c4ccccc4)c4ccccc4)cc1)(C3)C2.C=C(C)C(=O)OC1CCCC1.C=C(C)C(=O)OCCS(=O)(=O)Oc1ccc([S+](c2ccccc2)c2ccccc2)cc1.CC(=O)Oc1ccc([S+](c2ccccc2)c2ccccc2)cc1.[CH3+].[CH3+].[CH3-]. The molecule has 0 N–H and O–H groups in total. The minimum Gasteiger partial charge on any atom is -0.461 e. The van der Waals surface area contributed by atoms with Gasteiger partial charge in [-0.1, -0.05) is 129 Å². The van der Waals surface area contributed by atoms with Crippen molar-refractivity contribution in [1.82, 2.24) is 0 Å². The van der Waals surface area contributed by atoms with Crippen LogP contribution in [-0.2, 0) is 81.0 Å². The van der Waals surface area contributed by atoms with Gasteiger partial charge in [0.25, 0.3) is 0 Å². The second-order valence-electron chi connectivity index (χ2n) is 26.1. The number of carbonyl (C=O) groups excluding carboxylic acids is 5. The van der Waals surface area contributed by atoms with Gasteiger partial charge in [0.2, 0.25) is 0 Å². The van der Waals surface area contributed by atoms with Crippen LogP contribution < -0.4 is 13.7 Å². The van der Waals surface area contributed by atoms with Crippen molar-refractivity contribution >= 4 is 72.6 Å². The van der Waals surface area contributed by atoms with Crippen LogP contribution in [-0.4, -0.2) is 62.3 Å². The lowest BCUT2D eigenvalue weighted by atomic mass is 9.48. The molecule has 14 rings (SSSR count). The summed E-state index contributed by atoms with van der Waals surface area (Å²) in [5, 5.41) is 0. The molecule has 0 aromatic heterocycles. The highest BCUT2D eigenvalue weighted by Gasteiger charge is 2.63. The molecule has 0 heterocycles. The van der Waals surface area contributed by atoms with Crippen molar-refractivity contribution in [2.45, 2.75) is 148 Å². The van der Waals surface area contributed by atoms with E-state index in [0.29, 0.717) is 40.9 Å². The third-order valence-electron chi connectivity index (χ3n) is 17.7. The fourth-order valence-corrected chi connectivity index (χ4v) is 20.5. The molecule has 9 aromatic carbocycles. The van der Waals surface area contributed by atoms with Crippen molar-refractivity contribution < 1.29 is 60.3 Å². The van der Waals surface area contributed by atoms with Gasteiger partial charge < -0.3 is 35.3 Å². The number of carbonyl (C=O) groups is 5. The first-order valence-corrected chi connectivity index (χ1v) is 39.6. The monoisotopic (exact) mass is 1500 g/mol. The van der Waals surface area contributed by atoms with Gasteiger partial charge in [-0.15, -0.1) is 0 Å². The summed E-state index contributed by atoms with van der Waals surface area (Å²) in [4.78, 5) is 70.3. The molecule has 550 valence electrons. The van der Waals surface area contributed by atoms with E-state index in [1.807, 2.05) is 109 Å². The zero-order valence-electron chi connectivity index (χ0n) is 61.5. The number of esters is 5. The molecule has 0 saturated heterocycles. The van der Waals surface area contributed by atoms with Crippen LogP contribution in [0.4, 0.5) is 0 Å². The maximum atomic E-state index is 13.7. The lowest BCUT2D eigenvalue weighted by molar-refractivity contribution is -0.206. The number of rotatable bonds is 22. The maximum Gasteiger partial charge on any atom is 0.333 e. The van der Waals surface area contributed by atoms with Crippen molar-refractivity contribution in [1.29, 1.82) is 0 Å². The quantitative estimate of drug-likeness (QED) is 0.0119. The number of benzene rings is 9. The molecule has 9 aromatic rings. The van der Waals surface area contributed by atoms with E-state index in [4.69, 9.17) is 27.9 Å². The molecule has 2 atom stereocenters. The summed E-state index contributed by atoms with van der Waals surface area (Å²) in [7, 11) is -4.66. The molecule has 17 heteroatoms. The van der Waals surface area contributed by atoms with E-state index in [9.17, 15) is 32.4 Å². The number of ether oxygens (including phenoxy) is 5. The lowest BCUT2D eigenvalue weighted by Gasteiger charge is -2.59. The number of hydrogen-bond acceptors (Lipinski definition) is 13. The van der Waals surface area contributed by atoms with E-state index >= 15 is 0 Å².